The van der Waals surface area contributed by atoms with E-state index in [4.69, 9.17) is 9.84 Å². The van der Waals surface area contributed by atoms with E-state index in [9.17, 15) is 23.5 Å². The average molecular weight is 263 g/mol. The van der Waals surface area contributed by atoms with E-state index in [1.54, 1.807) is 4.98 Å². The number of alkyl halides is 1. The van der Waals surface area contributed by atoms with E-state index in [1.165, 1.54) is 0 Å². The topological polar surface area (TPSA) is 105 Å². The third-order valence-corrected chi connectivity index (χ3v) is 2.67. The van der Waals surface area contributed by atoms with E-state index in [2.05, 4.69) is 0 Å². The van der Waals surface area contributed by atoms with Crippen LogP contribution >= 0.6 is 0 Å². The van der Waals surface area contributed by atoms with Gasteiger partial charge in [-0.3, -0.25) is 14.3 Å². The van der Waals surface area contributed by atoms with Gasteiger partial charge in [0.1, 0.15) is 12.2 Å². The van der Waals surface area contributed by atoms with Crippen molar-refractivity contribution >= 4 is 0 Å². The number of H-pyrrole nitrogens is 1. The second kappa shape index (κ2) is 4.59. The number of nitrogens with one attached hydrogen (secondary N) is 1. The van der Waals surface area contributed by atoms with Crippen LogP contribution in [0.4, 0.5) is 8.78 Å². The van der Waals surface area contributed by atoms with Crippen LogP contribution in [-0.4, -0.2) is 44.8 Å². The zero-order valence-corrected chi connectivity index (χ0v) is 8.92. The maximum atomic E-state index is 13.7. The van der Waals surface area contributed by atoms with Crippen molar-refractivity contribution in [2.24, 2.45) is 0 Å². The van der Waals surface area contributed by atoms with Crippen LogP contribution in [0.3, 0.4) is 0 Å². The lowest BCUT2D eigenvalue weighted by Gasteiger charge is -2.15. The maximum Gasteiger partial charge on any atom is 0.330 e. The van der Waals surface area contributed by atoms with Crippen LogP contribution < -0.4 is 11.2 Å². The molecule has 4 atom stereocenters. The van der Waals surface area contributed by atoms with Gasteiger partial charge in [-0.25, -0.2) is 9.18 Å². The number of aromatic amines is 1. The van der Waals surface area contributed by atoms with Crippen molar-refractivity contribution in [3.63, 3.8) is 0 Å². The van der Waals surface area contributed by atoms with Crippen molar-refractivity contribution in [1.29, 1.82) is 0 Å². The Balaban J connectivity index is 2.42. The van der Waals surface area contributed by atoms with Gasteiger partial charge in [-0.1, -0.05) is 0 Å². The second-order valence-electron chi connectivity index (χ2n) is 3.83. The number of ether oxygens (including phenoxy) is 1. The zero-order valence-electron chi connectivity index (χ0n) is 8.92. The summed E-state index contributed by atoms with van der Waals surface area (Å²) in [5.41, 5.74) is -2.30. The van der Waals surface area contributed by atoms with E-state index >= 15 is 0 Å². The number of aromatic nitrogens is 2. The highest BCUT2D eigenvalue weighted by Gasteiger charge is 2.45. The van der Waals surface area contributed by atoms with Crippen molar-refractivity contribution in [2.75, 3.05) is 6.61 Å². The molecule has 18 heavy (non-hydrogen) atoms. The third kappa shape index (κ3) is 1.96. The van der Waals surface area contributed by atoms with Crippen molar-refractivity contribution in [1.82, 2.24) is 9.55 Å². The molecule has 0 aromatic carbocycles. The SMILES string of the molecule is O=c1[nH]c(=O)n(C2OC(CO)C(O)C2[18F])cc1F. The van der Waals surface area contributed by atoms with Crippen LogP contribution in [0.15, 0.2) is 15.8 Å². The van der Waals surface area contributed by atoms with E-state index in [-0.39, 0.29) is 0 Å². The largest absolute Gasteiger partial charge is 0.394 e. The number of aliphatic hydroxyl groups excluding tert-OH is 2. The fourth-order valence-corrected chi connectivity index (χ4v) is 1.73. The van der Waals surface area contributed by atoms with E-state index in [1.807, 2.05) is 0 Å². The standard InChI is InChI=1S/C9H10F2N2O5/c10-3-1-13(9(17)12-7(3)16)8-5(11)6(15)4(2-14)18-8/h1,4-6,8,14-15H,2H2,(H,12,16,17)/i11-1. The molecule has 1 fully saturated rings. The summed E-state index contributed by atoms with van der Waals surface area (Å²) in [6.45, 7) is -0.654. The Morgan fingerprint density at radius 2 is 2.17 bits per heavy atom. The third-order valence-electron chi connectivity index (χ3n) is 2.67. The fraction of sp³-hybridized carbons (Fsp3) is 0.556. The molecule has 3 N–H and O–H groups in total. The minimum absolute atomic E-state index is 0.486. The molecule has 2 heterocycles. The Labute approximate surface area is 98.3 Å². The number of rotatable bonds is 2. The summed E-state index contributed by atoms with van der Waals surface area (Å²) in [5, 5.41) is 18.2. The lowest BCUT2D eigenvalue weighted by Crippen LogP contribution is -2.37. The smallest absolute Gasteiger partial charge is 0.330 e. The molecule has 7 nitrogen and oxygen atoms in total. The van der Waals surface area contributed by atoms with Gasteiger partial charge in [-0.2, -0.15) is 4.39 Å². The summed E-state index contributed by atoms with van der Waals surface area (Å²) in [7, 11) is 0. The van der Waals surface area contributed by atoms with Crippen molar-refractivity contribution in [2.45, 2.75) is 24.6 Å². The van der Waals surface area contributed by atoms with Gasteiger partial charge in [0.05, 0.1) is 12.8 Å². The number of aliphatic hydroxyl groups is 2. The van der Waals surface area contributed by atoms with Crippen LogP contribution in [-0.2, 0) is 4.74 Å². The molecule has 1 aliphatic rings. The summed E-state index contributed by atoms with van der Waals surface area (Å²) in [4.78, 5) is 23.8. The number of halogens is 2. The summed E-state index contributed by atoms with van der Waals surface area (Å²) in [6.07, 6.45) is -5.99. The van der Waals surface area contributed by atoms with Crippen LogP contribution in [0.2, 0.25) is 0 Å². The minimum atomic E-state index is -2.02. The predicted molar refractivity (Wildman–Crippen MR) is 53.2 cm³/mol. The molecule has 0 aliphatic carbocycles. The molecule has 0 radical (unpaired) electrons. The molecule has 0 bridgehead atoms. The zero-order chi connectivity index (χ0) is 13.4. The summed E-state index contributed by atoms with van der Waals surface area (Å²) >= 11 is 0. The molecule has 1 aliphatic heterocycles. The minimum Gasteiger partial charge on any atom is -0.394 e. The summed E-state index contributed by atoms with van der Waals surface area (Å²) in [5.74, 6) is -1.28. The molecule has 1 aromatic heterocycles. The van der Waals surface area contributed by atoms with Crippen LogP contribution in [0, 0.1) is 5.82 Å². The van der Waals surface area contributed by atoms with Crippen molar-refractivity contribution in [3.05, 3.63) is 32.9 Å². The molecule has 9 heteroatoms. The summed E-state index contributed by atoms with van der Waals surface area (Å²) < 4.78 is 32.1. The van der Waals surface area contributed by atoms with Crippen LogP contribution in [0.5, 0.6) is 0 Å². The highest BCUT2D eigenvalue weighted by molar-refractivity contribution is 4.94. The lowest BCUT2D eigenvalue weighted by molar-refractivity contribution is -0.0495. The van der Waals surface area contributed by atoms with Crippen LogP contribution in [0.25, 0.3) is 0 Å². The van der Waals surface area contributed by atoms with Crippen LogP contribution in [0.1, 0.15) is 6.23 Å². The van der Waals surface area contributed by atoms with Crippen molar-refractivity contribution in [3.8, 4) is 0 Å². The molecule has 0 spiro atoms. The molecule has 0 amide bonds. The Morgan fingerprint density at radius 3 is 2.72 bits per heavy atom. The number of nitrogens with zero attached hydrogens (tertiary/aromatic N) is 1. The van der Waals surface area contributed by atoms with E-state index in [0.29, 0.717) is 10.8 Å². The van der Waals surface area contributed by atoms with Gasteiger partial charge in [0, 0.05) is 0 Å². The summed E-state index contributed by atoms with van der Waals surface area (Å²) in [6, 6.07) is 0. The van der Waals surface area contributed by atoms with Gasteiger partial charge in [-0.15, -0.1) is 0 Å². The first-order valence-electron chi connectivity index (χ1n) is 5.05. The number of hydrogen-bond acceptors (Lipinski definition) is 5. The lowest BCUT2D eigenvalue weighted by atomic mass is 10.1. The first-order chi connectivity index (χ1) is 8.45. The Kier molecular flexibility index (Phi) is 3.28. The Bertz CT molecular complexity index is 557. The number of hydrogen-bond donors (Lipinski definition) is 3. The molecule has 2 rings (SSSR count). The molecule has 0 saturated carbocycles. The first kappa shape index (κ1) is 12.9. The maximum absolute atomic E-state index is 13.7. The highest BCUT2D eigenvalue weighted by atomic mass is 19.1. The highest BCUT2D eigenvalue weighted by Crippen LogP contribution is 2.30. The van der Waals surface area contributed by atoms with Gasteiger partial charge in [0.15, 0.2) is 12.4 Å². The fourth-order valence-electron chi connectivity index (χ4n) is 1.73. The van der Waals surface area contributed by atoms with Gasteiger partial charge >= 0.3 is 5.69 Å². The average Bonchev–Trinajstić information content (AvgIpc) is 2.61. The molecule has 1 saturated heterocycles. The molecule has 100 valence electrons. The molecule has 1 aromatic rings. The Hall–Kier alpha value is -1.58. The predicted octanol–water partition coefficient (Wildman–Crippen LogP) is -1.74. The van der Waals surface area contributed by atoms with Crippen molar-refractivity contribution < 1.29 is 23.7 Å². The quantitative estimate of drug-likeness (QED) is 0.588. The molecular formula is C9H10F2N2O5. The molecule has 4 unspecified atom stereocenters. The van der Waals surface area contributed by atoms with Gasteiger partial charge < -0.3 is 14.9 Å². The first-order valence-corrected chi connectivity index (χ1v) is 5.05. The normalized spacial score (nSPS) is 31.8. The second-order valence-corrected chi connectivity index (χ2v) is 3.83. The molecular weight excluding hydrogens is 253 g/mol. The van der Waals surface area contributed by atoms with Gasteiger partial charge in [-0.05, 0) is 0 Å². The van der Waals surface area contributed by atoms with E-state index < -0.39 is 48.3 Å². The monoisotopic (exact) mass is 263 g/mol. The van der Waals surface area contributed by atoms with Gasteiger partial charge in [0.25, 0.3) is 5.56 Å². The Morgan fingerprint density at radius 1 is 1.50 bits per heavy atom. The van der Waals surface area contributed by atoms with E-state index in [0.717, 1.165) is 0 Å². The van der Waals surface area contributed by atoms with Gasteiger partial charge in [0.2, 0.25) is 5.82 Å².